The van der Waals surface area contributed by atoms with Gasteiger partial charge in [0.05, 0.1) is 6.10 Å². The quantitative estimate of drug-likeness (QED) is 0.653. The van der Waals surface area contributed by atoms with Crippen molar-refractivity contribution in [2.75, 3.05) is 16.8 Å². The number of anilines is 3. The van der Waals surface area contributed by atoms with Crippen molar-refractivity contribution in [1.82, 2.24) is 4.98 Å². The van der Waals surface area contributed by atoms with E-state index in [1.165, 1.54) is 5.56 Å². The van der Waals surface area contributed by atoms with E-state index in [9.17, 15) is 4.79 Å². The lowest BCUT2D eigenvalue weighted by atomic mass is 10.0. The molecule has 1 N–H and O–H groups in total. The Bertz CT molecular complexity index is 999. The van der Waals surface area contributed by atoms with Crippen LogP contribution in [0.2, 0.25) is 0 Å². The van der Waals surface area contributed by atoms with Crippen molar-refractivity contribution >= 4 is 23.1 Å². The molecule has 2 heterocycles. The molecule has 29 heavy (non-hydrogen) atoms. The number of carbonyl (C=O) groups excluding carboxylic acids is 1. The third-order valence-corrected chi connectivity index (χ3v) is 4.86. The zero-order valence-corrected chi connectivity index (χ0v) is 16.8. The Labute approximate surface area is 171 Å². The van der Waals surface area contributed by atoms with Crippen molar-refractivity contribution < 1.29 is 9.53 Å². The van der Waals surface area contributed by atoms with E-state index >= 15 is 0 Å². The number of pyridine rings is 1. The molecule has 0 saturated heterocycles. The van der Waals surface area contributed by atoms with Crippen LogP contribution in [-0.2, 0) is 6.42 Å². The summed E-state index contributed by atoms with van der Waals surface area (Å²) >= 11 is 0. The largest absolute Gasteiger partial charge is 0.491 e. The topological polar surface area (TPSA) is 54.5 Å². The fourth-order valence-electron chi connectivity index (χ4n) is 3.57. The predicted molar refractivity (Wildman–Crippen MR) is 116 cm³/mol. The smallest absolute Gasteiger partial charge is 0.258 e. The van der Waals surface area contributed by atoms with E-state index in [0.29, 0.717) is 11.4 Å². The number of para-hydroxylation sites is 1. The summed E-state index contributed by atoms with van der Waals surface area (Å²) in [5, 5.41) is 3.26. The number of aromatic nitrogens is 1. The van der Waals surface area contributed by atoms with Gasteiger partial charge >= 0.3 is 0 Å². The average molecular weight is 387 g/mol. The number of nitrogens with zero attached hydrogens (tertiary/aromatic N) is 2. The highest BCUT2D eigenvalue weighted by atomic mass is 16.5. The van der Waals surface area contributed by atoms with Gasteiger partial charge in [-0.1, -0.05) is 18.2 Å². The predicted octanol–water partition coefficient (Wildman–Crippen LogP) is 5.21. The van der Waals surface area contributed by atoms with E-state index in [2.05, 4.69) is 16.4 Å². The molecular weight excluding hydrogens is 362 g/mol. The number of hydrogen-bond donors (Lipinski definition) is 1. The maximum Gasteiger partial charge on any atom is 0.258 e. The molecule has 0 unspecified atom stereocenters. The van der Waals surface area contributed by atoms with Crippen LogP contribution in [0.1, 0.15) is 36.2 Å². The number of benzene rings is 2. The van der Waals surface area contributed by atoms with Gasteiger partial charge in [-0.2, -0.15) is 0 Å². The molecule has 5 heteroatoms. The number of carbonyl (C=O) groups is 1. The van der Waals surface area contributed by atoms with Crippen molar-refractivity contribution in [3.63, 3.8) is 0 Å². The molecule has 0 atom stereocenters. The van der Waals surface area contributed by atoms with Crippen LogP contribution in [-0.4, -0.2) is 23.5 Å². The Morgan fingerprint density at radius 3 is 2.69 bits per heavy atom. The summed E-state index contributed by atoms with van der Waals surface area (Å²) in [4.78, 5) is 19.4. The molecule has 4 rings (SSSR count). The molecule has 1 aliphatic heterocycles. The molecule has 0 aliphatic carbocycles. The van der Waals surface area contributed by atoms with Crippen LogP contribution < -0.4 is 15.0 Å². The lowest BCUT2D eigenvalue weighted by Crippen LogP contribution is -2.35. The Hall–Kier alpha value is -3.34. The Morgan fingerprint density at radius 2 is 1.90 bits per heavy atom. The van der Waals surface area contributed by atoms with Gasteiger partial charge in [0.25, 0.3) is 5.91 Å². The molecule has 0 spiro atoms. The summed E-state index contributed by atoms with van der Waals surface area (Å²) in [5.74, 6) is 1.47. The molecule has 1 aliphatic rings. The number of hydrogen-bond acceptors (Lipinski definition) is 4. The minimum Gasteiger partial charge on any atom is -0.491 e. The van der Waals surface area contributed by atoms with Gasteiger partial charge in [-0.3, -0.25) is 4.79 Å². The molecule has 1 amide bonds. The molecule has 2 aromatic carbocycles. The zero-order chi connectivity index (χ0) is 20.2. The summed E-state index contributed by atoms with van der Waals surface area (Å²) < 4.78 is 5.67. The zero-order valence-electron chi connectivity index (χ0n) is 16.8. The SMILES string of the molecule is CC(C)Oc1ccc(Nc2cc(C(=O)N3CCCc4ccccc43)ccn2)cc1. The van der Waals surface area contributed by atoms with Crippen LogP contribution in [0.4, 0.5) is 17.2 Å². The fraction of sp³-hybridized carbons (Fsp3) is 0.250. The molecule has 1 aromatic heterocycles. The second-order valence-corrected chi connectivity index (χ2v) is 7.43. The molecule has 0 saturated carbocycles. The highest BCUT2D eigenvalue weighted by molar-refractivity contribution is 6.07. The Kier molecular flexibility index (Phi) is 5.47. The standard InChI is InChI=1S/C24H25N3O2/c1-17(2)29-21-11-9-20(10-12-21)26-23-16-19(13-14-25-23)24(28)27-15-5-7-18-6-3-4-8-22(18)27/h3-4,6,8-14,16-17H,5,7,15H2,1-2H3,(H,25,26). The molecule has 0 fully saturated rings. The number of nitrogens with one attached hydrogen (secondary N) is 1. The van der Waals surface area contributed by atoms with Gasteiger partial charge < -0.3 is 15.0 Å². The van der Waals surface area contributed by atoms with Crippen molar-refractivity contribution in [1.29, 1.82) is 0 Å². The van der Waals surface area contributed by atoms with Crippen molar-refractivity contribution in [3.8, 4) is 5.75 Å². The first kappa shape index (κ1) is 19.0. The molecule has 5 nitrogen and oxygen atoms in total. The first-order valence-electron chi connectivity index (χ1n) is 10.00. The van der Waals surface area contributed by atoms with Crippen LogP contribution in [0, 0.1) is 0 Å². The van der Waals surface area contributed by atoms with Gasteiger partial charge in [0.15, 0.2) is 0 Å². The van der Waals surface area contributed by atoms with Crippen molar-refractivity contribution in [2.45, 2.75) is 32.8 Å². The van der Waals surface area contributed by atoms with E-state index in [1.54, 1.807) is 18.3 Å². The van der Waals surface area contributed by atoms with Gasteiger partial charge in [0, 0.05) is 29.7 Å². The summed E-state index contributed by atoms with van der Waals surface area (Å²) in [6.45, 7) is 4.73. The third-order valence-electron chi connectivity index (χ3n) is 4.86. The van der Waals surface area contributed by atoms with Crippen LogP contribution in [0.5, 0.6) is 5.75 Å². The van der Waals surface area contributed by atoms with Gasteiger partial charge in [0.1, 0.15) is 11.6 Å². The third kappa shape index (κ3) is 4.40. The normalized spacial score (nSPS) is 13.1. The van der Waals surface area contributed by atoms with Crippen LogP contribution in [0.25, 0.3) is 0 Å². The minimum absolute atomic E-state index is 0.00304. The fourth-order valence-corrected chi connectivity index (χ4v) is 3.57. The van der Waals surface area contributed by atoms with E-state index in [1.807, 2.05) is 61.2 Å². The summed E-state index contributed by atoms with van der Waals surface area (Å²) in [6.07, 6.45) is 3.79. The molecule has 148 valence electrons. The number of rotatable bonds is 5. The lowest BCUT2D eigenvalue weighted by molar-refractivity contribution is 0.0985. The maximum absolute atomic E-state index is 13.2. The van der Waals surface area contributed by atoms with Crippen molar-refractivity contribution in [3.05, 3.63) is 78.0 Å². The maximum atomic E-state index is 13.2. The van der Waals surface area contributed by atoms with E-state index in [-0.39, 0.29) is 12.0 Å². The Morgan fingerprint density at radius 1 is 1.10 bits per heavy atom. The Balaban J connectivity index is 1.51. The van der Waals surface area contributed by atoms with Crippen LogP contribution in [0.3, 0.4) is 0 Å². The number of ether oxygens (including phenoxy) is 1. The minimum atomic E-state index is 0.00304. The summed E-state index contributed by atoms with van der Waals surface area (Å²) in [7, 11) is 0. The highest BCUT2D eigenvalue weighted by Crippen LogP contribution is 2.28. The highest BCUT2D eigenvalue weighted by Gasteiger charge is 2.23. The van der Waals surface area contributed by atoms with Gasteiger partial charge in [-0.25, -0.2) is 4.98 Å². The van der Waals surface area contributed by atoms with Gasteiger partial charge in [-0.15, -0.1) is 0 Å². The molecular formula is C24H25N3O2. The number of aryl methyl sites for hydroxylation is 1. The monoisotopic (exact) mass is 387 g/mol. The molecule has 3 aromatic rings. The lowest BCUT2D eigenvalue weighted by Gasteiger charge is -2.29. The second kappa shape index (κ2) is 8.35. The summed E-state index contributed by atoms with van der Waals surface area (Å²) in [5.41, 5.74) is 3.75. The van der Waals surface area contributed by atoms with E-state index in [0.717, 1.165) is 36.5 Å². The second-order valence-electron chi connectivity index (χ2n) is 7.43. The van der Waals surface area contributed by atoms with Crippen molar-refractivity contribution in [2.24, 2.45) is 0 Å². The number of fused-ring (bicyclic) bond motifs is 1. The van der Waals surface area contributed by atoms with Gasteiger partial charge in [-0.05, 0) is 74.7 Å². The van der Waals surface area contributed by atoms with Crippen LogP contribution >= 0.6 is 0 Å². The molecule has 0 radical (unpaired) electrons. The van der Waals surface area contributed by atoms with Crippen LogP contribution in [0.15, 0.2) is 66.9 Å². The average Bonchev–Trinajstić information content (AvgIpc) is 2.74. The number of amides is 1. The van der Waals surface area contributed by atoms with E-state index < -0.39 is 0 Å². The van der Waals surface area contributed by atoms with E-state index in [4.69, 9.17) is 4.74 Å². The first-order chi connectivity index (χ1) is 14.1. The molecule has 0 bridgehead atoms. The van der Waals surface area contributed by atoms with Gasteiger partial charge in [0.2, 0.25) is 0 Å². The first-order valence-corrected chi connectivity index (χ1v) is 10.00. The summed E-state index contributed by atoms with van der Waals surface area (Å²) in [6, 6.07) is 19.4.